The summed E-state index contributed by atoms with van der Waals surface area (Å²) in [6, 6.07) is 17.3. The van der Waals surface area contributed by atoms with E-state index >= 15 is 0 Å². The van der Waals surface area contributed by atoms with E-state index in [0.717, 1.165) is 4.90 Å². The number of hydrogen-bond donors (Lipinski definition) is 0. The number of nitrogens with zero attached hydrogens (tertiary/aromatic N) is 2. The Bertz CT molecular complexity index is 868. The number of benzene rings is 2. The molecule has 4 rings (SSSR count). The average molecular weight is 413 g/mol. The molecule has 0 aromatic heterocycles. The molecule has 29 heavy (non-hydrogen) atoms. The third-order valence-electron chi connectivity index (χ3n) is 5.09. The van der Waals surface area contributed by atoms with Crippen LogP contribution in [0.2, 0.25) is 0 Å². The number of carbonyl (C=O) groups excluding carboxylic acids is 2. The lowest BCUT2D eigenvalue weighted by Crippen LogP contribution is -2.56. The summed E-state index contributed by atoms with van der Waals surface area (Å²) < 4.78 is 11.5. The molecule has 0 spiro atoms. The van der Waals surface area contributed by atoms with Gasteiger partial charge in [-0.1, -0.05) is 30.3 Å². The van der Waals surface area contributed by atoms with Crippen LogP contribution in [-0.2, 0) is 9.59 Å². The summed E-state index contributed by atoms with van der Waals surface area (Å²) in [5.41, 5.74) is 0. The van der Waals surface area contributed by atoms with Gasteiger partial charge in [0, 0.05) is 31.1 Å². The lowest BCUT2D eigenvalue weighted by Gasteiger charge is -2.37. The molecule has 0 aliphatic carbocycles. The molecular formula is C22H24N2O4S. The Morgan fingerprint density at radius 1 is 0.931 bits per heavy atom. The van der Waals surface area contributed by atoms with E-state index < -0.39 is 6.10 Å². The Morgan fingerprint density at radius 3 is 2.28 bits per heavy atom. The molecular weight excluding hydrogens is 388 g/mol. The normalized spacial score (nSPS) is 19.6. The summed E-state index contributed by atoms with van der Waals surface area (Å²) in [5, 5.41) is -0.161. The Kier molecular flexibility index (Phi) is 5.94. The van der Waals surface area contributed by atoms with Crippen LogP contribution in [-0.4, -0.2) is 65.8 Å². The Balaban J connectivity index is 1.29. The number of piperazine rings is 1. The fourth-order valence-corrected chi connectivity index (χ4v) is 4.48. The van der Waals surface area contributed by atoms with Crippen LogP contribution >= 0.6 is 11.8 Å². The van der Waals surface area contributed by atoms with E-state index in [4.69, 9.17) is 9.47 Å². The van der Waals surface area contributed by atoms with Gasteiger partial charge in [0.1, 0.15) is 6.61 Å². The number of fused-ring (bicyclic) bond motifs is 1. The van der Waals surface area contributed by atoms with Crippen molar-refractivity contribution in [2.75, 3.05) is 32.8 Å². The number of thioether (sulfide) groups is 1. The summed E-state index contributed by atoms with van der Waals surface area (Å²) in [6.45, 7) is 4.23. The van der Waals surface area contributed by atoms with Gasteiger partial charge in [-0.25, -0.2) is 0 Å². The fraction of sp³-hybridized carbons (Fsp3) is 0.364. The summed E-state index contributed by atoms with van der Waals surface area (Å²) in [6.07, 6.45) is -0.639. The molecule has 2 aromatic carbocycles. The molecule has 6 nitrogen and oxygen atoms in total. The van der Waals surface area contributed by atoms with Crippen molar-refractivity contribution in [1.29, 1.82) is 0 Å². The Hall–Kier alpha value is -2.67. The molecule has 0 N–H and O–H groups in total. The number of rotatable bonds is 4. The van der Waals surface area contributed by atoms with Gasteiger partial charge in [-0.2, -0.15) is 0 Å². The third-order valence-corrected chi connectivity index (χ3v) is 6.19. The molecule has 1 fully saturated rings. The summed E-state index contributed by atoms with van der Waals surface area (Å²) >= 11 is 1.56. The Morgan fingerprint density at radius 2 is 1.55 bits per heavy atom. The first-order valence-corrected chi connectivity index (χ1v) is 10.7. The van der Waals surface area contributed by atoms with Crippen LogP contribution < -0.4 is 9.47 Å². The highest BCUT2D eigenvalue weighted by Crippen LogP contribution is 2.31. The molecule has 2 aliphatic heterocycles. The quantitative estimate of drug-likeness (QED) is 0.723. The zero-order valence-corrected chi connectivity index (χ0v) is 17.1. The molecule has 2 unspecified atom stereocenters. The fourth-order valence-electron chi connectivity index (χ4n) is 3.50. The molecule has 2 amide bonds. The summed E-state index contributed by atoms with van der Waals surface area (Å²) in [4.78, 5) is 30.3. The lowest BCUT2D eigenvalue weighted by molar-refractivity contribution is -0.146. The van der Waals surface area contributed by atoms with Gasteiger partial charge in [0.15, 0.2) is 11.5 Å². The van der Waals surface area contributed by atoms with E-state index in [1.807, 2.05) is 60.4 Å². The highest BCUT2D eigenvalue weighted by molar-refractivity contribution is 8.00. The largest absolute Gasteiger partial charge is 0.485 e. The molecule has 2 heterocycles. The van der Waals surface area contributed by atoms with Crippen LogP contribution in [0.5, 0.6) is 11.5 Å². The van der Waals surface area contributed by atoms with Gasteiger partial charge in [0.05, 0.1) is 5.25 Å². The van der Waals surface area contributed by atoms with Crippen molar-refractivity contribution >= 4 is 23.6 Å². The van der Waals surface area contributed by atoms with Crippen LogP contribution in [0.4, 0.5) is 0 Å². The first-order chi connectivity index (χ1) is 14.1. The van der Waals surface area contributed by atoms with E-state index in [2.05, 4.69) is 0 Å². The van der Waals surface area contributed by atoms with E-state index in [9.17, 15) is 9.59 Å². The first-order valence-electron chi connectivity index (χ1n) is 9.79. The van der Waals surface area contributed by atoms with Crippen LogP contribution in [0.15, 0.2) is 59.5 Å². The molecule has 0 saturated carbocycles. The van der Waals surface area contributed by atoms with Crippen LogP contribution in [0.3, 0.4) is 0 Å². The van der Waals surface area contributed by atoms with E-state index in [-0.39, 0.29) is 23.7 Å². The molecule has 0 radical (unpaired) electrons. The van der Waals surface area contributed by atoms with Gasteiger partial charge >= 0.3 is 0 Å². The zero-order chi connectivity index (χ0) is 20.2. The van der Waals surface area contributed by atoms with Crippen molar-refractivity contribution in [2.45, 2.75) is 23.2 Å². The van der Waals surface area contributed by atoms with Crippen molar-refractivity contribution in [3.63, 3.8) is 0 Å². The minimum absolute atomic E-state index is 0.0849. The summed E-state index contributed by atoms with van der Waals surface area (Å²) in [5.74, 6) is 1.28. The van der Waals surface area contributed by atoms with E-state index in [1.54, 1.807) is 22.7 Å². The second kappa shape index (κ2) is 8.78. The average Bonchev–Trinajstić information content (AvgIpc) is 2.78. The zero-order valence-electron chi connectivity index (χ0n) is 16.3. The SMILES string of the molecule is CC(Sc1ccccc1)C(=O)N1CCN(C(=O)C2COc3ccccc3O2)CC1. The monoisotopic (exact) mass is 412 g/mol. The smallest absolute Gasteiger partial charge is 0.267 e. The summed E-state index contributed by atoms with van der Waals surface area (Å²) in [7, 11) is 0. The minimum atomic E-state index is -0.639. The highest BCUT2D eigenvalue weighted by Gasteiger charge is 2.34. The van der Waals surface area contributed by atoms with Crippen LogP contribution in [0.25, 0.3) is 0 Å². The van der Waals surface area contributed by atoms with Gasteiger partial charge in [-0.05, 0) is 31.2 Å². The van der Waals surface area contributed by atoms with Crippen LogP contribution in [0, 0.1) is 0 Å². The van der Waals surface area contributed by atoms with Crippen molar-refractivity contribution in [2.24, 2.45) is 0 Å². The molecule has 2 aliphatic rings. The maximum atomic E-state index is 12.8. The van der Waals surface area contributed by atoms with Crippen molar-refractivity contribution in [3.8, 4) is 11.5 Å². The van der Waals surface area contributed by atoms with Gasteiger partial charge in [0.2, 0.25) is 12.0 Å². The second-order valence-corrected chi connectivity index (χ2v) is 8.50. The van der Waals surface area contributed by atoms with Crippen molar-refractivity contribution in [1.82, 2.24) is 9.80 Å². The second-order valence-electron chi connectivity index (χ2n) is 7.09. The van der Waals surface area contributed by atoms with Gasteiger partial charge in [-0.15, -0.1) is 11.8 Å². The number of carbonyl (C=O) groups is 2. The maximum absolute atomic E-state index is 12.8. The van der Waals surface area contributed by atoms with E-state index in [0.29, 0.717) is 37.7 Å². The lowest BCUT2D eigenvalue weighted by atomic mass is 10.2. The van der Waals surface area contributed by atoms with Crippen LogP contribution in [0.1, 0.15) is 6.92 Å². The number of ether oxygens (including phenoxy) is 2. The highest BCUT2D eigenvalue weighted by atomic mass is 32.2. The predicted molar refractivity (Wildman–Crippen MR) is 111 cm³/mol. The van der Waals surface area contributed by atoms with Crippen molar-refractivity contribution < 1.29 is 19.1 Å². The predicted octanol–water partition coefficient (Wildman–Crippen LogP) is 2.68. The number of hydrogen-bond acceptors (Lipinski definition) is 5. The van der Waals surface area contributed by atoms with Gasteiger partial charge in [0.25, 0.3) is 5.91 Å². The van der Waals surface area contributed by atoms with Gasteiger partial charge in [-0.3, -0.25) is 9.59 Å². The molecule has 2 atom stereocenters. The molecule has 152 valence electrons. The Labute approximate surface area is 174 Å². The molecule has 1 saturated heterocycles. The number of para-hydroxylation sites is 2. The maximum Gasteiger partial charge on any atom is 0.267 e. The van der Waals surface area contributed by atoms with Crippen molar-refractivity contribution in [3.05, 3.63) is 54.6 Å². The third kappa shape index (κ3) is 4.50. The standard InChI is InChI=1S/C22H24N2O4S/c1-16(29-17-7-3-2-4-8-17)21(25)23-11-13-24(14-12-23)22(26)20-15-27-18-9-5-6-10-19(18)28-20/h2-10,16,20H,11-15H2,1H3. The van der Waals surface area contributed by atoms with E-state index in [1.165, 1.54) is 0 Å². The topological polar surface area (TPSA) is 59.1 Å². The first kappa shape index (κ1) is 19.6. The molecule has 2 aromatic rings. The molecule has 7 heteroatoms. The minimum Gasteiger partial charge on any atom is -0.485 e. The van der Waals surface area contributed by atoms with Gasteiger partial charge < -0.3 is 19.3 Å². The molecule has 0 bridgehead atoms. The number of amides is 2.